The van der Waals surface area contributed by atoms with Crippen LogP contribution in [0.5, 0.6) is 0 Å². The van der Waals surface area contributed by atoms with Gasteiger partial charge in [-0.25, -0.2) is 0 Å². The van der Waals surface area contributed by atoms with Crippen molar-refractivity contribution < 1.29 is 9.59 Å². The van der Waals surface area contributed by atoms with Crippen molar-refractivity contribution in [3.05, 3.63) is 0 Å². The highest BCUT2D eigenvalue weighted by molar-refractivity contribution is 6.34. The Morgan fingerprint density at radius 3 is 2.50 bits per heavy atom. The molecule has 1 aliphatic carbocycles. The highest BCUT2D eigenvalue weighted by Gasteiger charge is 2.31. The Morgan fingerprint density at radius 1 is 1.28 bits per heavy atom. The predicted molar refractivity (Wildman–Crippen MR) is 69.0 cm³/mol. The molecule has 5 heteroatoms. The molecule has 0 aromatic rings. The lowest BCUT2D eigenvalue weighted by Crippen LogP contribution is -2.52. The first-order valence-corrected chi connectivity index (χ1v) is 7.01. The third kappa shape index (κ3) is 3.45. The fourth-order valence-corrected chi connectivity index (χ4v) is 2.30. The Kier molecular flexibility index (Phi) is 4.58. The van der Waals surface area contributed by atoms with Gasteiger partial charge in [0.15, 0.2) is 0 Å². The molecule has 2 amide bonds. The maximum absolute atomic E-state index is 12.2. The molecular formula is C13H23N3O2. The van der Waals surface area contributed by atoms with E-state index in [0.29, 0.717) is 25.6 Å². The van der Waals surface area contributed by atoms with Crippen LogP contribution in [-0.2, 0) is 9.59 Å². The minimum absolute atomic E-state index is 0.300. The second kappa shape index (κ2) is 6.18. The maximum Gasteiger partial charge on any atom is 0.312 e. The van der Waals surface area contributed by atoms with Gasteiger partial charge in [-0.15, -0.1) is 0 Å². The van der Waals surface area contributed by atoms with Gasteiger partial charge in [-0.05, 0) is 25.2 Å². The average Bonchev–Trinajstić information content (AvgIpc) is 3.21. The normalized spacial score (nSPS) is 19.7. The van der Waals surface area contributed by atoms with E-state index < -0.39 is 0 Å². The molecule has 1 heterocycles. The van der Waals surface area contributed by atoms with Gasteiger partial charge in [0.25, 0.3) is 0 Å². The van der Waals surface area contributed by atoms with E-state index in [1.54, 1.807) is 9.80 Å². The third-order valence-electron chi connectivity index (χ3n) is 3.54. The van der Waals surface area contributed by atoms with Crippen LogP contribution in [0.4, 0.5) is 0 Å². The summed E-state index contributed by atoms with van der Waals surface area (Å²) in [5.41, 5.74) is 0. The zero-order chi connectivity index (χ0) is 13.0. The Bertz CT molecular complexity index is 309. The number of nitrogens with one attached hydrogen (secondary N) is 1. The highest BCUT2D eigenvalue weighted by Crippen LogP contribution is 2.29. The third-order valence-corrected chi connectivity index (χ3v) is 3.54. The number of rotatable bonds is 4. The van der Waals surface area contributed by atoms with E-state index >= 15 is 0 Å². The van der Waals surface area contributed by atoms with Crippen molar-refractivity contribution in [1.82, 2.24) is 15.1 Å². The van der Waals surface area contributed by atoms with E-state index in [-0.39, 0.29) is 11.8 Å². The molecule has 1 aliphatic heterocycles. The van der Waals surface area contributed by atoms with Gasteiger partial charge in [-0.1, -0.05) is 6.92 Å². The van der Waals surface area contributed by atoms with E-state index in [0.717, 1.165) is 26.1 Å². The molecule has 0 aromatic heterocycles. The second-order valence-corrected chi connectivity index (χ2v) is 5.24. The van der Waals surface area contributed by atoms with Gasteiger partial charge in [-0.2, -0.15) is 0 Å². The van der Waals surface area contributed by atoms with Crippen LogP contribution in [0.15, 0.2) is 0 Å². The fraction of sp³-hybridized carbons (Fsp3) is 0.846. The monoisotopic (exact) mass is 253 g/mol. The predicted octanol–water partition coefficient (Wildman–Crippen LogP) is 0.0668. The minimum Gasteiger partial charge on any atom is -0.334 e. The lowest BCUT2D eigenvalue weighted by atomic mass is 10.3. The van der Waals surface area contributed by atoms with Crippen molar-refractivity contribution in [2.24, 2.45) is 5.92 Å². The van der Waals surface area contributed by atoms with Gasteiger partial charge < -0.3 is 15.1 Å². The molecule has 5 nitrogen and oxygen atoms in total. The molecule has 0 unspecified atom stereocenters. The van der Waals surface area contributed by atoms with Gasteiger partial charge >= 0.3 is 11.8 Å². The molecule has 18 heavy (non-hydrogen) atoms. The number of hydrogen-bond acceptors (Lipinski definition) is 3. The molecule has 0 radical (unpaired) electrons. The van der Waals surface area contributed by atoms with E-state index in [9.17, 15) is 9.59 Å². The van der Waals surface area contributed by atoms with Crippen LogP contribution in [0.3, 0.4) is 0 Å². The largest absolute Gasteiger partial charge is 0.334 e. The van der Waals surface area contributed by atoms with E-state index in [2.05, 4.69) is 5.32 Å². The van der Waals surface area contributed by atoms with Crippen molar-refractivity contribution in [2.75, 3.05) is 39.3 Å². The summed E-state index contributed by atoms with van der Waals surface area (Å²) in [7, 11) is 0. The minimum atomic E-state index is -0.314. The van der Waals surface area contributed by atoms with E-state index in [1.165, 1.54) is 12.8 Å². The standard InChI is InChI=1S/C13H23N3O2/c1-2-7-16(10-11-3-4-11)13(18)12(17)15-8-5-14-6-9-15/h11,14H,2-10H2,1H3. The Morgan fingerprint density at radius 2 is 1.94 bits per heavy atom. The van der Waals surface area contributed by atoms with Crippen LogP contribution in [0.25, 0.3) is 0 Å². The van der Waals surface area contributed by atoms with E-state index in [4.69, 9.17) is 0 Å². The number of amides is 2. The van der Waals surface area contributed by atoms with Gasteiger partial charge in [0.2, 0.25) is 0 Å². The molecule has 2 fully saturated rings. The molecule has 2 rings (SSSR count). The first-order chi connectivity index (χ1) is 8.72. The summed E-state index contributed by atoms with van der Waals surface area (Å²) < 4.78 is 0. The Labute approximate surface area is 108 Å². The van der Waals surface area contributed by atoms with Gasteiger partial charge in [0, 0.05) is 39.3 Å². The summed E-state index contributed by atoms with van der Waals surface area (Å²) in [6.45, 7) is 6.38. The molecule has 0 spiro atoms. The zero-order valence-corrected chi connectivity index (χ0v) is 11.2. The number of hydrogen-bond donors (Lipinski definition) is 1. The zero-order valence-electron chi connectivity index (χ0n) is 11.2. The average molecular weight is 253 g/mol. The quantitative estimate of drug-likeness (QED) is 0.721. The highest BCUT2D eigenvalue weighted by atomic mass is 16.2. The summed E-state index contributed by atoms with van der Waals surface area (Å²) >= 11 is 0. The summed E-state index contributed by atoms with van der Waals surface area (Å²) in [6.07, 6.45) is 3.32. The smallest absolute Gasteiger partial charge is 0.312 e. The van der Waals surface area contributed by atoms with Crippen LogP contribution >= 0.6 is 0 Å². The summed E-state index contributed by atoms with van der Waals surface area (Å²) in [6, 6.07) is 0. The Hall–Kier alpha value is -1.10. The Balaban J connectivity index is 1.90. The molecule has 102 valence electrons. The number of piperazine rings is 1. The maximum atomic E-state index is 12.2. The summed E-state index contributed by atoms with van der Waals surface area (Å²) in [5, 5.41) is 3.19. The van der Waals surface area contributed by atoms with Gasteiger partial charge in [0.05, 0.1) is 0 Å². The van der Waals surface area contributed by atoms with Crippen molar-refractivity contribution in [1.29, 1.82) is 0 Å². The van der Waals surface area contributed by atoms with Crippen molar-refractivity contribution in [3.63, 3.8) is 0 Å². The lowest BCUT2D eigenvalue weighted by Gasteiger charge is -2.29. The van der Waals surface area contributed by atoms with Crippen LogP contribution in [0.1, 0.15) is 26.2 Å². The van der Waals surface area contributed by atoms with Crippen molar-refractivity contribution in [3.8, 4) is 0 Å². The van der Waals surface area contributed by atoms with E-state index in [1.807, 2.05) is 6.92 Å². The van der Waals surface area contributed by atoms with Crippen LogP contribution in [0.2, 0.25) is 0 Å². The topological polar surface area (TPSA) is 52.7 Å². The second-order valence-electron chi connectivity index (χ2n) is 5.24. The molecule has 0 bridgehead atoms. The lowest BCUT2D eigenvalue weighted by molar-refractivity contribution is -0.152. The van der Waals surface area contributed by atoms with Crippen molar-refractivity contribution >= 4 is 11.8 Å². The first kappa shape index (κ1) is 13.3. The molecule has 0 atom stereocenters. The van der Waals surface area contributed by atoms with Crippen LogP contribution in [-0.4, -0.2) is 60.9 Å². The number of nitrogens with zero attached hydrogens (tertiary/aromatic N) is 2. The fourth-order valence-electron chi connectivity index (χ4n) is 2.30. The summed E-state index contributed by atoms with van der Waals surface area (Å²) in [5.74, 6) is 0.0209. The van der Waals surface area contributed by atoms with Gasteiger partial charge in [-0.3, -0.25) is 9.59 Å². The van der Waals surface area contributed by atoms with Crippen molar-refractivity contribution in [2.45, 2.75) is 26.2 Å². The molecule has 1 N–H and O–H groups in total. The van der Waals surface area contributed by atoms with Crippen LogP contribution in [0, 0.1) is 5.92 Å². The first-order valence-electron chi connectivity index (χ1n) is 7.01. The van der Waals surface area contributed by atoms with Crippen LogP contribution < -0.4 is 5.32 Å². The molecule has 2 aliphatic rings. The summed E-state index contributed by atoms with van der Waals surface area (Å²) in [4.78, 5) is 27.8. The number of carbonyl (C=O) groups is 2. The molecule has 0 aromatic carbocycles. The van der Waals surface area contributed by atoms with Gasteiger partial charge in [0.1, 0.15) is 0 Å². The molecule has 1 saturated carbocycles. The molecular weight excluding hydrogens is 230 g/mol. The number of carbonyl (C=O) groups excluding carboxylic acids is 2. The SMILES string of the molecule is CCCN(CC1CC1)C(=O)C(=O)N1CCNCC1. The molecule has 1 saturated heterocycles.